The van der Waals surface area contributed by atoms with E-state index in [0.29, 0.717) is 24.7 Å². The Hall–Kier alpha value is -4.14. The highest BCUT2D eigenvalue weighted by atomic mass is 19.3. The van der Waals surface area contributed by atoms with Crippen molar-refractivity contribution in [3.05, 3.63) is 89.0 Å². The molecular formula is C32H32F3N5O. The minimum absolute atomic E-state index is 0.109. The van der Waals surface area contributed by atoms with E-state index in [-0.39, 0.29) is 28.3 Å². The first-order valence-corrected chi connectivity index (χ1v) is 14.0. The van der Waals surface area contributed by atoms with Crippen LogP contribution in [0.3, 0.4) is 0 Å². The van der Waals surface area contributed by atoms with Gasteiger partial charge in [-0.25, -0.2) is 18.2 Å². The number of hydrogen-bond donors (Lipinski definition) is 2. The van der Waals surface area contributed by atoms with Gasteiger partial charge in [0.1, 0.15) is 11.6 Å². The lowest BCUT2D eigenvalue weighted by Gasteiger charge is -2.32. The Balaban J connectivity index is 1.18. The van der Waals surface area contributed by atoms with Crippen molar-refractivity contribution in [3.63, 3.8) is 0 Å². The zero-order valence-corrected chi connectivity index (χ0v) is 22.8. The second-order valence-electron chi connectivity index (χ2n) is 11.2. The summed E-state index contributed by atoms with van der Waals surface area (Å²) in [5.74, 6) is -2.19. The molecule has 2 N–H and O–H groups in total. The number of fused-ring (bicyclic) bond motifs is 1. The second-order valence-corrected chi connectivity index (χ2v) is 11.2. The summed E-state index contributed by atoms with van der Waals surface area (Å²) in [5, 5.41) is 10.8. The van der Waals surface area contributed by atoms with Crippen LogP contribution in [0.4, 0.5) is 24.5 Å². The molecule has 2 aliphatic rings. The van der Waals surface area contributed by atoms with E-state index in [1.807, 2.05) is 18.2 Å². The van der Waals surface area contributed by atoms with Crippen LogP contribution in [0.1, 0.15) is 65.8 Å². The third kappa shape index (κ3) is 5.58. The van der Waals surface area contributed by atoms with E-state index in [1.54, 1.807) is 11.0 Å². The van der Waals surface area contributed by atoms with E-state index < -0.39 is 17.6 Å². The van der Waals surface area contributed by atoms with E-state index in [4.69, 9.17) is 10.4 Å². The van der Waals surface area contributed by atoms with Crippen LogP contribution in [0.25, 0.3) is 11.0 Å². The highest BCUT2D eigenvalue weighted by molar-refractivity contribution is 5.98. The largest absolute Gasteiger partial charge is 0.355 e. The molecule has 0 radical (unpaired) electrons. The number of imidazole rings is 1. The molecule has 6 rings (SSSR count). The average molecular weight is 560 g/mol. The van der Waals surface area contributed by atoms with Crippen molar-refractivity contribution in [2.45, 2.75) is 51.0 Å². The topological polar surface area (TPSA) is 74.0 Å². The predicted molar refractivity (Wildman–Crippen MR) is 154 cm³/mol. The molecule has 3 aromatic carbocycles. The first-order chi connectivity index (χ1) is 19.7. The molecular weight excluding hydrogens is 527 g/mol. The molecule has 1 amide bonds. The van der Waals surface area contributed by atoms with Crippen molar-refractivity contribution in [3.8, 4) is 0 Å². The average Bonchev–Trinajstić information content (AvgIpc) is 3.72. The number of benzene rings is 3. The van der Waals surface area contributed by atoms with E-state index in [2.05, 4.69) is 16.0 Å². The van der Waals surface area contributed by atoms with Crippen molar-refractivity contribution in [1.82, 2.24) is 14.5 Å². The van der Waals surface area contributed by atoms with Crippen LogP contribution >= 0.6 is 0 Å². The van der Waals surface area contributed by atoms with Crippen LogP contribution in [0, 0.1) is 17.1 Å². The minimum Gasteiger partial charge on any atom is -0.355 e. The number of carbonyl (C=O) groups is 1. The van der Waals surface area contributed by atoms with Crippen molar-refractivity contribution in [2.75, 3.05) is 18.4 Å². The fraction of sp³-hybridized carbons (Fsp3) is 0.344. The molecule has 1 saturated carbocycles. The Bertz CT molecular complexity index is 1610. The van der Waals surface area contributed by atoms with E-state index in [9.17, 15) is 13.6 Å². The van der Waals surface area contributed by atoms with Gasteiger partial charge in [-0.1, -0.05) is 24.3 Å². The molecule has 0 bridgehead atoms. The van der Waals surface area contributed by atoms with Crippen LogP contribution in [-0.2, 0) is 12.5 Å². The summed E-state index contributed by atoms with van der Waals surface area (Å²) in [5.41, 5.74) is 2.69. The molecule has 2 heterocycles. The predicted octanol–water partition coefficient (Wildman–Crippen LogP) is 7.46. The van der Waals surface area contributed by atoms with Gasteiger partial charge in [0, 0.05) is 55.5 Å². The van der Waals surface area contributed by atoms with Crippen LogP contribution in [-0.4, -0.2) is 39.7 Å². The SMILES string of the molecule is CC(F)(F)c1cccc(Nc2cc(F)c(C(=O)N3CCC(c4nc5ccccc5n4CC4CC4)CC3)cc2C=N)c1. The highest BCUT2D eigenvalue weighted by Crippen LogP contribution is 2.36. The first-order valence-electron chi connectivity index (χ1n) is 14.0. The summed E-state index contributed by atoms with van der Waals surface area (Å²) in [6.45, 7) is 2.74. The maximum Gasteiger partial charge on any atom is 0.270 e. The zero-order chi connectivity index (χ0) is 28.7. The number of alkyl halides is 2. The summed E-state index contributed by atoms with van der Waals surface area (Å²) in [7, 11) is 0. The van der Waals surface area contributed by atoms with Gasteiger partial charge in [-0.3, -0.25) is 4.79 Å². The van der Waals surface area contributed by atoms with E-state index in [1.165, 1.54) is 37.1 Å². The molecule has 0 unspecified atom stereocenters. The van der Waals surface area contributed by atoms with Gasteiger partial charge in [0.2, 0.25) is 0 Å². The number of rotatable bonds is 8. The fourth-order valence-corrected chi connectivity index (χ4v) is 5.67. The van der Waals surface area contributed by atoms with Crippen molar-refractivity contribution in [1.29, 1.82) is 5.41 Å². The first kappa shape index (κ1) is 27.1. The maximum absolute atomic E-state index is 15.3. The Labute approximate surface area is 236 Å². The van der Waals surface area contributed by atoms with Gasteiger partial charge in [0.15, 0.2) is 0 Å². The van der Waals surface area contributed by atoms with Gasteiger partial charge >= 0.3 is 0 Å². The van der Waals surface area contributed by atoms with E-state index in [0.717, 1.165) is 55.4 Å². The number of para-hydroxylation sites is 2. The van der Waals surface area contributed by atoms with Crippen molar-refractivity contribution >= 4 is 34.5 Å². The minimum atomic E-state index is -3.03. The molecule has 212 valence electrons. The quantitative estimate of drug-likeness (QED) is 0.220. The third-order valence-electron chi connectivity index (χ3n) is 8.14. The summed E-state index contributed by atoms with van der Waals surface area (Å²) in [6, 6.07) is 16.4. The number of aromatic nitrogens is 2. The number of hydrogen-bond acceptors (Lipinski definition) is 4. The maximum atomic E-state index is 15.3. The van der Waals surface area contributed by atoms with Crippen LogP contribution < -0.4 is 5.32 Å². The molecule has 0 spiro atoms. The van der Waals surface area contributed by atoms with Gasteiger partial charge in [-0.2, -0.15) is 0 Å². The van der Waals surface area contributed by atoms with Gasteiger partial charge < -0.3 is 20.2 Å². The number of piperidine rings is 1. The molecule has 6 nitrogen and oxygen atoms in total. The lowest BCUT2D eigenvalue weighted by molar-refractivity contribution is 0.0175. The van der Waals surface area contributed by atoms with Gasteiger partial charge in [0.25, 0.3) is 11.8 Å². The van der Waals surface area contributed by atoms with Crippen LogP contribution in [0.15, 0.2) is 60.7 Å². The number of amides is 1. The number of carbonyl (C=O) groups excluding carboxylic acids is 1. The molecule has 1 aromatic heterocycles. The third-order valence-corrected chi connectivity index (χ3v) is 8.14. The summed E-state index contributed by atoms with van der Waals surface area (Å²) in [6.07, 6.45) is 4.98. The van der Waals surface area contributed by atoms with Crippen molar-refractivity contribution in [2.24, 2.45) is 5.92 Å². The second kappa shape index (κ2) is 10.7. The Morgan fingerprint density at radius 1 is 1.07 bits per heavy atom. The molecule has 2 fully saturated rings. The molecule has 0 atom stereocenters. The Kier molecular flexibility index (Phi) is 7.05. The van der Waals surface area contributed by atoms with Gasteiger partial charge in [-0.05, 0) is 68.0 Å². The number of likely N-dealkylation sites (tertiary alicyclic amines) is 1. The molecule has 4 aromatic rings. The van der Waals surface area contributed by atoms with E-state index >= 15 is 4.39 Å². The number of halogens is 3. The Morgan fingerprint density at radius 2 is 1.83 bits per heavy atom. The van der Waals surface area contributed by atoms with Crippen LogP contribution in [0.5, 0.6) is 0 Å². The summed E-state index contributed by atoms with van der Waals surface area (Å²) in [4.78, 5) is 20.0. The molecule has 1 aliphatic heterocycles. The van der Waals surface area contributed by atoms with Gasteiger partial charge in [-0.15, -0.1) is 0 Å². The molecule has 9 heteroatoms. The summed E-state index contributed by atoms with van der Waals surface area (Å²) >= 11 is 0. The zero-order valence-electron chi connectivity index (χ0n) is 22.8. The van der Waals surface area contributed by atoms with Crippen molar-refractivity contribution < 1.29 is 18.0 Å². The smallest absolute Gasteiger partial charge is 0.270 e. The number of anilines is 2. The molecule has 1 aliphatic carbocycles. The molecule has 41 heavy (non-hydrogen) atoms. The Morgan fingerprint density at radius 3 is 2.54 bits per heavy atom. The lowest BCUT2D eigenvalue weighted by atomic mass is 9.95. The summed E-state index contributed by atoms with van der Waals surface area (Å²) < 4.78 is 45.2. The normalized spacial score (nSPS) is 16.2. The van der Waals surface area contributed by atoms with Crippen LogP contribution in [0.2, 0.25) is 0 Å². The highest BCUT2D eigenvalue weighted by Gasteiger charge is 2.31. The number of nitrogens with one attached hydrogen (secondary N) is 2. The molecule has 1 saturated heterocycles. The van der Waals surface area contributed by atoms with Gasteiger partial charge in [0.05, 0.1) is 22.3 Å². The monoisotopic (exact) mass is 559 g/mol. The lowest BCUT2D eigenvalue weighted by Crippen LogP contribution is -2.38. The number of nitrogens with zero attached hydrogens (tertiary/aromatic N) is 3. The fourth-order valence-electron chi connectivity index (χ4n) is 5.67. The standard InChI is InChI=1S/C32H32F3N5O/c1-32(34,35)23-5-4-6-24(16-23)37-28-17-26(33)25(15-22(28)18-36)31(41)39-13-11-21(12-14-39)30-38-27-7-2-3-8-29(27)40(30)19-20-9-10-20/h2-8,15-18,20-21,36-37H,9-14,19H2,1H3.